The van der Waals surface area contributed by atoms with Crippen LogP contribution in [-0.4, -0.2) is 12.6 Å². The number of hydrogen-bond acceptors (Lipinski definition) is 2. The Labute approximate surface area is 101 Å². The number of hydrogen-bond donors (Lipinski definition) is 1. The molecule has 1 aromatic carbocycles. The topological polar surface area (TPSA) is 35.8 Å². The first-order valence-corrected chi connectivity index (χ1v) is 6.09. The third kappa shape index (κ3) is 2.75. The van der Waals surface area contributed by atoms with Crippen molar-refractivity contribution >= 4 is 11.6 Å². The van der Waals surface area contributed by atoms with Crippen LogP contribution in [0, 0.1) is 11.3 Å². The van der Waals surface area contributed by atoms with E-state index in [1.165, 1.54) is 19.3 Å². The van der Waals surface area contributed by atoms with Gasteiger partial charge in [-0.25, -0.2) is 0 Å². The summed E-state index contributed by atoms with van der Waals surface area (Å²) in [6.07, 6.45) is 4.68. The van der Waals surface area contributed by atoms with E-state index in [4.69, 9.17) is 16.9 Å². The highest BCUT2D eigenvalue weighted by atomic mass is 35.5. The predicted molar refractivity (Wildman–Crippen MR) is 65.5 cm³/mol. The quantitative estimate of drug-likeness (QED) is 0.854. The molecule has 1 unspecified atom stereocenters. The Bertz CT molecular complexity index is 403. The fraction of sp³-hybridized carbons (Fsp3) is 0.462. The maximum Gasteiger partial charge on any atom is 0.0995 e. The fourth-order valence-corrected chi connectivity index (χ4v) is 2.37. The van der Waals surface area contributed by atoms with Gasteiger partial charge in [0, 0.05) is 11.1 Å². The zero-order valence-electron chi connectivity index (χ0n) is 9.17. The Kier molecular flexibility index (Phi) is 3.82. The van der Waals surface area contributed by atoms with Gasteiger partial charge < -0.3 is 5.32 Å². The van der Waals surface area contributed by atoms with Gasteiger partial charge in [0.05, 0.1) is 11.6 Å². The van der Waals surface area contributed by atoms with Gasteiger partial charge in [-0.1, -0.05) is 24.1 Å². The minimum atomic E-state index is 0.516. The maximum atomic E-state index is 9.04. The highest BCUT2D eigenvalue weighted by Gasteiger charge is 2.14. The van der Waals surface area contributed by atoms with Gasteiger partial charge in [0.15, 0.2) is 0 Å². The van der Waals surface area contributed by atoms with Crippen LogP contribution in [0.5, 0.6) is 0 Å². The molecule has 1 aromatic rings. The largest absolute Gasteiger partial charge is 0.314 e. The van der Waals surface area contributed by atoms with Crippen LogP contribution in [0.25, 0.3) is 0 Å². The van der Waals surface area contributed by atoms with Gasteiger partial charge >= 0.3 is 0 Å². The van der Waals surface area contributed by atoms with Crippen molar-refractivity contribution in [3.05, 3.63) is 34.3 Å². The van der Waals surface area contributed by atoms with E-state index >= 15 is 0 Å². The number of benzene rings is 1. The van der Waals surface area contributed by atoms with Crippen LogP contribution >= 0.6 is 11.6 Å². The molecule has 0 saturated carbocycles. The van der Waals surface area contributed by atoms with E-state index in [9.17, 15) is 0 Å². The van der Waals surface area contributed by atoms with E-state index < -0.39 is 0 Å². The van der Waals surface area contributed by atoms with Crippen LogP contribution in [0.1, 0.15) is 30.4 Å². The molecule has 2 rings (SSSR count). The van der Waals surface area contributed by atoms with E-state index in [0.29, 0.717) is 16.6 Å². The summed E-state index contributed by atoms with van der Waals surface area (Å²) in [4.78, 5) is 0. The summed E-state index contributed by atoms with van der Waals surface area (Å²) in [5.41, 5.74) is 1.81. The predicted octanol–water partition coefficient (Wildman–Crippen LogP) is 2.90. The molecule has 1 aliphatic rings. The Hall–Kier alpha value is -1.04. The number of piperidine rings is 1. The van der Waals surface area contributed by atoms with Crippen molar-refractivity contribution in [3.63, 3.8) is 0 Å². The van der Waals surface area contributed by atoms with Crippen LogP contribution in [0.15, 0.2) is 18.2 Å². The van der Waals surface area contributed by atoms with Gasteiger partial charge in [-0.2, -0.15) is 5.26 Å². The second-order valence-electron chi connectivity index (χ2n) is 4.26. The lowest BCUT2D eigenvalue weighted by atomic mass is 9.95. The van der Waals surface area contributed by atoms with E-state index in [2.05, 4.69) is 11.4 Å². The van der Waals surface area contributed by atoms with Crippen LogP contribution in [0.2, 0.25) is 5.02 Å². The van der Waals surface area contributed by atoms with Gasteiger partial charge in [0.25, 0.3) is 0 Å². The van der Waals surface area contributed by atoms with Crippen molar-refractivity contribution in [2.45, 2.75) is 31.7 Å². The normalized spacial score (nSPS) is 20.4. The molecule has 1 saturated heterocycles. The third-order valence-electron chi connectivity index (χ3n) is 3.07. The molecule has 1 atom stereocenters. The highest BCUT2D eigenvalue weighted by Crippen LogP contribution is 2.19. The minimum absolute atomic E-state index is 0.516. The molecule has 1 heterocycles. The van der Waals surface area contributed by atoms with Crippen molar-refractivity contribution < 1.29 is 0 Å². The van der Waals surface area contributed by atoms with Gasteiger partial charge in [0.1, 0.15) is 0 Å². The highest BCUT2D eigenvalue weighted by molar-refractivity contribution is 6.30. The third-order valence-corrected chi connectivity index (χ3v) is 3.31. The first-order chi connectivity index (χ1) is 7.79. The average Bonchev–Trinajstić information content (AvgIpc) is 2.33. The molecule has 0 aliphatic carbocycles. The monoisotopic (exact) mass is 234 g/mol. The second kappa shape index (κ2) is 5.34. The molecule has 3 heteroatoms. The van der Waals surface area contributed by atoms with Gasteiger partial charge in [-0.05, 0) is 43.5 Å². The van der Waals surface area contributed by atoms with Gasteiger partial charge in [-0.3, -0.25) is 0 Å². The Morgan fingerprint density at radius 2 is 2.31 bits per heavy atom. The fourth-order valence-electron chi connectivity index (χ4n) is 2.19. The molecule has 0 spiro atoms. The van der Waals surface area contributed by atoms with Crippen molar-refractivity contribution in [2.75, 3.05) is 6.54 Å². The summed E-state index contributed by atoms with van der Waals surface area (Å²) >= 11 is 5.87. The Morgan fingerprint density at radius 1 is 1.44 bits per heavy atom. The molecular weight excluding hydrogens is 220 g/mol. The van der Waals surface area contributed by atoms with E-state index in [0.717, 1.165) is 18.5 Å². The molecule has 0 aromatic heterocycles. The lowest BCUT2D eigenvalue weighted by Gasteiger charge is -2.23. The summed E-state index contributed by atoms with van der Waals surface area (Å²) in [6.45, 7) is 1.10. The molecule has 84 valence electrons. The molecule has 2 nitrogen and oxygen atoms in total. The summed E-state index contributed by atoms with van der Waals surface area (Å²) in [6, 6.07) is 8.31. The molecule has 0 radical (unpaired) electrons. The lowest BCUT2D eigenvalue weighted by molar-refractivity contribution is 0.399. The zero-order chi connectivity index (χ0) is 11.4. The standard InChI is InChI=1S/C13H15ClN2/c14-12-5-4-10(11(7-12)9-15)8-13-3-1-2-6-16-13/h4-5,7,13,16H,1-3,6,8H2. The average molecular weight is 235 g/mol. The van der Waals surface area contributed by atoms with Crippen LogP contribution in [-0.2, 0) is 6.42 Å². The molecule has 16 heavy (non-hydrogen) atoms. The first-order valence-electron chi connectivity index (χ1n) is 5.71. The Balaban J connectivity index is 2.11. The summed E-state index contributed by atoms with van der Waals surface area (Å²) in [5.74, 6) is 0. The number of nitrogens with zero attached hydrogens (tertiary/aromatic N) is 1. The number of nitrogens with one attached hydrogen (secondary N) is 1. The smallest absolute Gasteiger partial charge is 0.0995 e. The van der Waals surface area contributed by atoms with Crippen molar-refractivity contribution in [1.29, 1.82) is 5.26 Å². The first kappa shape index (κ1) is 11.4. The lowest BCUT2D eigenvalue weighted by Crippen LogP contribution is -2.35. The molecule has 0 amide bonds. The van der Waals surface area contributed by atoms with Crippen molar-refractivity contribution in [1.82, 2.24) is 5.32 Å². The number of rotatable bonds is 2. The van der Waals surface area contributed by atoms with E-state index in [1.807, 2.05) is 12.1 Å². The van der Waals surface area contributed by atoms with Crippen LogP contribution in [0.3, 0.4) is 0 Å². The SMILES string of the molecule is N#Cc1cc(Cl)ccc1CC1CCCCN1. The van der Waals surface area contributed by atoms with Crippen molar-refractivity contribution in [2.24, 2.45) is 0 Å². The van der Waals surface area contributed by atoms with Gasteiger partial charge in [-0.15, -0.1) is 0 Å². The second-order valence-corrected chi connectivity index (χ2v) is 4.70. The summed E-state index contributed by atoms with van der Waals surface area (Å²) in [7, 11) is 0. The van der Waals surface area contributed by atoms with Crippen LogP contribution in [0.4, 0.5) is 0 Å². The van der Waals surface area contributed by atoms with E-state index in [1.54, 1.807) is 6.07 Å². The molecule has 0 bridgehead atoms. The molecule has 1 N–H and O–H groups in total. The molecule has 1 aliphatic heterocycles. The number of nitriles is 1. The van der Waals surface area contributed by atoms with Gasteiger partial charge in [0.2, 0.25) is 0 Å². The van der Waals surface area contributed by atoms with E-state index in [-0.39, 0.29) is 0 Å². The molecule has 1 fully saturated rings. The summed E-state index contributed by atoms with van der Waals surface area (Å²) in [5, 5.41) is 13.2. The zero-order valence-corrected chi connectivity index (χ0v) is 9.93. The number of halogens is 1. The Morgan fingerprint density at radius 3 is 3.00 bits per heavy atom. The van der Waals surface area contributed by atoms with Crippen LogP contribution < -0.4 is 5.32 Å². The summed E-state index contributed by atoms with van der Waals surface area (Å²) < 4.78 is 0. The minimum Gasteiger partial charge on any atom is -0.314 e. The van der Waals surface area contributed by atoms with Crippen molar-refractivity contribution in [3.8, 4) is 6.07 Å². The molecular formula is C13H15ClN2. The maximum absolute atomic E-state index is 9.04.